The lowest BCUT2D eigenvalue weighted by molar-refractivity contribution is -0.150. The van der Waals surface area contributed by atoms with E-state index in [1.807, 2.05) is 5.43 Å². The molecule has 0 fully saturated rings. The summed E-state index contributed by atoms with van der Waals surface area (Å²) in [6.07, 6.45) is 5.50. The molecule has 0 unspecified atom stereocenters. The average Bonchev–Trinajstić information content (AvgIpc) is 3.29. The highest BCUT2D eigenvalue weighted by molar-refractivity contribution is 7.16. The summed E-state index contributed by atoms with van der Waals surface area (Å²) in [5.41, 5.74) is 4.20. The van der Waals surface area contributed by atoms with Crippen molar-refractivity contribution >= 4 is 35.1 Å². The molecule has 0 aliphatic carbocycles. The van der Waals surface area contributed by atoms with Gasteiger partial charge >= 0.3 is 17.8 Å². The number of carboxylic acid groups (broad SMARTS) is 1. The van der Waals surface area contributed by atoms with Crippen molar-refractivity contribution in [2.75, 3.05) is 6.61 Å². The summed E-state index contributed by atoms with van der Waals surface area (Å²) in [5.74, 6) is -4.22. The van der Waals surface area contributed by atoms with Gasteiger partial charge in [0.15, 0.2) is 5.01 Å². The fourth-order valence-corrected chi connectivity index (χ4v) is 2.39. The van der Waals surface area contributed by atoms with Crippen LogP contribution < -0.4 is 10.9 Å². The number of aromatic nitrogens is 6. The molecule has 0 radical (unpaired) electrons. The van der Waals surface area contributed by atoms with Crippen LogP contribution in [0, 0.1) is 0 Å². The Labute approximate surface area is 177 Å². The maximum absolute atomic E-state index is 11.3. The largest absolute Gasteiger partial charge is 0.474 e. The van der Waals surface area contributed by atoms with Gasteiger partial charge in [0.25, 0.3) is 5.91 Å². The second-order valence-corrected chi connectivity index (χ2v) is 6.01. The second-order valence-electron chi connectivity index (χ2n) is 5.04. The van der Waals surface area contributed by atoms with Crippen molar-refractivity contribution in [2.45, 2.75) is 6.92 Å². The molecule has 160 valence electrons. The zero-order valence-corrected chi connectivity index (χ0v) is 16.6. The number of carbonyl (C=O) groups is 4. The van der Waals surface area contributed by atoms with Crippen LogP contribution in [0.4, 0.5) is 0 Å². The van der Waals surface area contributed by atoms with Crippen molar-refractivity contribution < 1.29 is 29.0 Å². The van der Waals surface area contributed by atoms with E-state index in [-0.39, 0.29) is 10.7 Å². The van der Waals surface area contributed by atoms with Crippen molar-refractivity contribution in [2.24, 2.45) is 0 Å². The van der Waals surface area contributed by atoms with Crippen LogP contribution in [0.2, 0.25) is 0 Å². The Morgan fingerprint density at radius 3 is 2.32 bits per heavy atom. The van der Waals surface area contributed by atoms with E-state index < -0.39 is 23.8 Å². The summed E-state index contributed by atoms with van der Waals surface area (Å²) in [5, 5.41) is 16.6. The molecule has 15 heteroatoms. The Morgan fingerprint density at radius 2 is 1.74 bits per heavy atom. The van der Waals surface area contributed by atoms with Gasteiger partial charge in [-0.1, -0.05) is 11.3 Å². The average molecular weight is 446 g/mol. The third-order valence-corrected chi connectivity index (χ3v) is 3.90. The van der Waals surface area contributed by atoms with Gasteiger partial charge in [0.2, 0.25) is 5.01 Å². The van der Waals surface area contributed by atoms with Crippen LogP contribution in [-0.2, 0) is 14.3 Å². The lowest BCUT2D eigenvalue weighted by Gasteiger charge is -2.03. The molecule has 2 amide bonds. The number of ether oxygens (including phenoxy) is 1. The maximum atomic E-state index is 11.3. The van der Waals surface area contributed by atoms with Crippen LogP contribution in [0.25, 0.3) is 10.7 Å². The van der Waals surface area contributed by atoms with Crippen molar-refractivity contribution in [1.82, 2.24) is 41.0 Å². The molecule has 3 N–H and O–H groups in total. The molecule has 0 aromatic carbocycles. The van der Waals surface area contributed by atoms with E-state index >= 15 is 0 Å². The molecule has 0 saturated carbocycles. The zero-order valence-electron chi connectivity index (χ0n) is 15.8. The molecule has 0 aliphatic heterocycles. The van der Waals surface area contributed by atoms with E-state index in [1.54, 1.807) is 24.6 Å². The summed E-state index contributed by atoms with van der Waals surface area (Å²) in [6.45, 7) is 2.06. The molecule has 0 spiro atoms. The van der Waals surface area contributed by atoms with E-state index in [0.717, 1.165) is 17.7 Å². The fourth-order valence-electron chi connectivity index (χ4n) is 1.68. The highest BCUT2D eigenvalue weighted by Crippen LogP contribution is 2.20. The van der Waals surface area contributed by atoms with Gasteiger partial charge in [0, 0.05) is 12.4 Å². The topological polar surface area (TPSA) is 199 Å². The molecule has 0 bridgehead atoms. The van der Waals surface area contributed by atoms with Crippen LogP contribution in [0.15, 0.2) is 37.2 Å². The van der Waals surface area contributed by atoms with E-state index in [4.69, 9.17) is 9.84 Å². The molecule has 0 saturated heterocycles. The van der Waals surface area contributed by atoms with Crippen LogP contribution in [0.1, 0.15) is 27.2 Å². The number of nitrogens with zero attached hydrogens (tertiary/aromatic N) is 6. The monoisotopic (exact) mass is 446 g/mol. The number of carbonyl (C=O) groups excluding carboxylic acids is 3. The minimum absolute atomic E-state index is 0.00990. The molecule has 3 heterocycles. The summed E-state index contributed by atoms with van der Waals surface area (Å²) in [6, 6.07) is 3.01. The Kier molecular flexibility index (Phi) is 8.54. The van der Waals surface area contributed by atoms with E-state index in [0.29, 0.717) is 17.3 Å². The molecule has 3 aromatic heterocycles. The van der Waals surface area contributed by atoms with Crippen molar-refractivity contribution in [1.29, 1.82) is 0 Å². The zero-order chi connectivity index (χ0) is 22.6. The number of hydrogen-bond donors (Lipinski definition) is 3. The number of carboxylic acids is 1. The number of esters is 1. The number of hydrazine groups is 1. The van der Waals surface area contributed by atoms with E-state index in [1.165, 1.54) is 18.6 Å². The first-order chi connectivity index (χ1) is 14.9. The Morgan fingerprint density at radius 1 is 1.03 bits per heavy atom. The molecule has 14 nitrogen and oxygen atoms in total. The molecule has 0 atom stereocenters. The molecule has 31 heavy (non-hydrogen) atoms. The number of aliphatic carboxylic acids is 1. The predicted octanol–water partition coefficient (Wildman–Crippen LogP) is -0.506. The normalized spacial score (nSPS) is 9.58. The van der Waals surface area contributed by atoms with Crippen molar-refractivity contribution in [3.8, 4) is 10.7 Å². The lowest BCUT2D eigenvalue weighted by atomic mass is 10.4. The third-order valence-electron chi connectivity index (χ3n) is 2.97. The molecular weight excluding hydrogens is 432 g/mol. The fraction of sp³-hybridized carbons (Fsp3) is 0.125. The molecular formula is C16H14N8O6S. The molecule has 3 rings (SSSR count). The van der Waals surface area contributed by atoms with Gasteiger partial charge in [-0.2, -0.15) is 0 Å². The Hall–Kier alpha value is -4.40. The molecule has 0 aliphatic rings. The van der Waals surface area contributed by atoms with Crippen LogP contribution >= 0.6 is 11.3 Å². The summed E-state index contributed by atoms with van der Waals surface area (Å²) < 4.78 is 4.81. The summed E-state index contributed by atoms with van der Waals surface area (Å²) in [4.78, 5) is 58.1. The van der Waals surface area contributed by atoms with Crippen molar-refractivity contribution in [3.63, 3.8) is 0 Å². The van der Waals surface area contributed by atoms with Gasteiger partial charge in [-0.3, -0.25) is 20.4 Å². The minimum Gasteiger partial charge on any atom is -0.474 e. The van der Waals surface area contributed by atoms with Gasteiger partial charge in [-0.25, -0.2) is 29.5 Å². The SMILES string of the molecule is CCOC(=O)c1nnc(-c2ccncn2)s1.O=C(O)C(=O)NNC(=O)c1ccncn1. The number of amides is 2. The predicted molar refractivity (Wildman–Crippen MR) is 102 cm³/mol. The Bertz CT molecular complexity index is 1050. The highest BCUT2D eigenvalue weighted by Gasteiger charge is 2.15. The standard InChI is InChI=1S/C9H8N4O2S.C7H6N4O4/c1-2-15-9(14)8-13-12-7(16-8)6-3-4-10-5-11-6;12-5(4-1-2-8-3-9-4)10-11-6(13)7(14)15/h3-5H,2H2,1H3;1-3H,(H,10,12)(H,11,13)(H,14,15). The third kappa shape index (κ3) is 7.17. The van der Waals surface area contributed by atoms with Gasteiger partial charge in [0.05, 0.1) is 6.61 Å². The quantitative estimate of drug-likeness (QED) is 0.264. The number of nitrogens with one attached hydrogen (secondary N) is 2. The summed E-state index contributed by atoms with van der Waals surface area (Å²) >= 11 is 1.15. The van der Waals surface area contributed by atoms with Crippen molar-refractivity contribution in [3.05, 3.63) is 47.9 Å². The first-order valence-electron chi connectivity index (χ1n) is 8.29. The summed E-state index contributed by atoms with van der Waals surface area (Å²) in [7, 11) is 0. The van der Waals surface area contributed by atoms with Crippen LogP contribution in [-0.4, -0.2) is 65.6 Å². The minimum atomic E-state index is -1.70. The molecule has 3 aromatic rings. The van der Waals surface area contributed by atoms with Crippen LogP contribution in [0.3, 0.4) is 0 Å². The number of hydrogen-bond acceptors (Lipinski definition) is 12. The first-order valence-corrected chi connectivity index (χ1v) is 9.10. The lowest BCUT2D eigenvalue weighted by Crippen LogP contribution is -2.45. The smallest absolute Gasteiger partial charge is 0.396 e. The Balaban J connectivity index is 0.000000221. The highest BCUT2D eigenvalue weighted by atomic mass is 32.1. The second kappa shape index (κ2) is 11.6. The van der Waals surface area contributed by atoms with Gasteiger partial charge in [0.1, 0.15) is 24.0 Å². The van der Waals surface area contributed by atoms with Crippen LogP contribution in [0.5, 0.6) is 0 Å². The van der Waals surface area contributed by atoms with Gasteiger partial charge in [-0.15, -0.1) is 10.2 Å². The van der Waals surface area contributed by atoms with E-state index in [2.05, 4.69) is 30.1 Å². The first kappa shape index (κ1) is 22.9. The van der Waals surface area contributed by atoms with Gasteiger partial charge in [-0.05, 0) is 19.1 Å². The van der Waals surface area contributed by atoms with Gasteiger partial charge < -0.3 is 9.84 Å². The van der Waals surface area contributed by atoms with E-state index in [9.17, 15) is 19.2 Å². The number of rotatable bonds is 4. The maximum Gasteiger partial charge on any atom is 0.396 e.